The third-order valence-electron chi connectivity index (χ3n) is 2.41. The summed E-state index contributed by atoms with van der Waals surface area (Å²) in [5.74, 6) is 1.38. The molecule has 0 amide bonds. The zero-order valence-corrected chi connectivity index (χ0v) is 6.83. The fraction of sp³-hybridized carbons (Fsp3) is 0.500. The van der Waals surface area contributed by atoms with E-state index in [-0.39, 0.29) is 5.95 Å². The maximum Gasteiger partial charge on any atom is 0.221 e. The number of nitrogen functional groups attached to an aromatic ring is 2. The lowest BCUT2D eigenvalue weighted by Gasteiger charge is -2.25. The standard InChI is InChI=1S/C8H12N4/c9-7-6(5-2-1-3-5)4-11-8(10)12-7/h4-5H,1-3H2,(H4,9,10,11,12). The lowest BCUT2D eigenvalue weighted by atomic mass is 9.81. The van der Waals surface area contributed by atoms with Crippen LogP contribution in [0.25, 0.3) is 0 Å². The summed E-state index contributed by atoms with van der Waals surface area (Å²) in [7, 11) is 0. The summed E-state index contributed by atoms with van der Waals surface area (Å²) in [5, 5.41) is 0. The van der Waals surface area contributed by atoms with Crippen LogP contribution in [-0.2, 0) is 0 Å². The molecule has 1 aliphatic carbocycles. The smallest absolute Gasteiger partial charge is 0.221 e. The van der Waals surface area contributed by atoms with E-state index < -0.39 is 0 Å². The van der Waals surface area contributed by atoms with Gasteiger partial charge >= 0.3 is 0 Å². The topological polar surface area (TPSA) is 77.8 Å². The first kappa shape index (κ1) is 7.34. The summed E-state index contributed by atoms with van der Waals surface area (Å²) in [6.45, 7) is 0. The number of nitrogens with two attached hydrogens (primary N) is 2. The van der Waals surface area contributed by atoms with Crippen molar-refractivity contribution in [2.45, 2.75) is 25.2 Å². The Morgan fingerprint density at radius 2 is 2.08 bits per heavy atom. The minimum atomic E-state index is 0.260. The highest BCUT2D eigenvalue weighted by Gasteiger charge is 2.22. The summed E-state index contributed by atoms with van der Waals surface area (Å²) in [5.41, 5.74) is 12.2. The minimum absolute atomic E-state index is 0.260. The Balaban J connectivity index is 2.31. The van der Waals surface area contributed by atoms with Gasteiger partial charge in [0.1, 0.15) is 5.82 Å². The van der Waals surface area contributed by atoms with E-state index in [1.807, 2.05) is 0 Å². The highest BCUT2D eigenvalue weighted by molar-refractivity contribution is 5.44. The summed E-state index contributed by atoms with van der Waals surface area (Å²) < 4.78 is 0. The fourth-order valence-electron chi connectivity index (χ4n) is 1.45. The van der Waals surface area contributed by atoms with Crippen LogP contribution in [-0.4, -0.2) is 9.97 Å². The number of aromatic nitrogens is 2. The van der Waals surface area contributed by atoms with Crippen LogP contribution in [0.15, 0.2) is 6.20 Å². The van der Waals surface area contributed by atoms with E-state index in [4.69, 9.17) is 11.5 Å². The first-order valence-electron chi connectivity index (χ1n) is 4.15. The number of nitrogens with zero attached hydrogens (tertiary/aromatic N) is 2. The second kappa shape index (κ2) is 2.62. The van der Waals surface area contributed by atoms with Gasteiger partial charge in [0.2, 0.25) is 5.95 Å². The zero-order valence-electron chi connectivity index (χ0n) is 6.83. The van der Waals surface area contributed by atoms with Crippen LogP contribution < -0.4 is 11.5 Å². The largest absolute Gasteiger partial charge is 0.383 e. The molecule has 2 rings (SSSR count). The van der Waals surface area contributed by atoms with Gasteiger partial charge in [0.25, 0.3) is 0 Å². The van der Waals surface area contributed by atoms with E-state index >= 15 is 0 Å². The lowest BCUT2D eigenvalue weighted by Crippen LogP contribution is -2.13. The van der Waals surface area contributed by atoms with Gasteiger partial charge in [0.15, 0.2) is 0 Å². The Morgan fingerprint density at radius 3 is 2.58 bits per heavy atom. The molecule has 0 aromatic carbocycles. The molecule has 1 aliphatic rings. The molecule has 0 atom stereocenters. The van der Waals surface area contributed by atoms with Crippen molar-refractivity contribution in [3.63, 3.8) is 0 Å². The normalized spacial score (nSPS) is 17.3. The first-order chi connectivity index (χ1) is 5.77. The van der Waals surface area contributed by atoms with Gasteiger partial charge < -0.3 is 11.5 Å². The predicted molar refractivity (Wildman–Crippen MR) is 47.4 cm³/mol. The molecule has 4 heteroatoms. The summed E-state index contributed by atoms with van der Waals surface area (Å²) in [6, 6.07) is 0. The maximum absolute atomic E-state index is 5.70. The van der Waals surface area contributed by atoms with Crippen molar-refractivity contribution in [2.75, 3.05) is 11.5 Å². The van der Waals surface area contributed by atoms with Crippen molar-refractivity contribution in [3.8, 4) is 0 Å². The van der Waals surface area contributed by atoms with Crippen LogP contribution in [0.5, 0.6) is 0 Å². The van der Waals surface area contributed by atoms with Crippen LogP contribution in [0.1, 0.15) is 30.7 Å². The third kappa shape index (κ3) is 1.09. The highest BCUT2D eigenvalue weighted by atomic mass is 15.0. The second-order valence-electron chi connectivity index (χ2n) is 3.20. The van der Waals surface area contributed by atoms with Crippen molar-refractivity contribution in [1.82, 2.24) is 9.97 Å². The first-order valence-corrected chi connectivity index (χ1v) is 4.15. The van der Waals surface area contributed by atoms with Crippen LogP contribution in [0.2, 0.25) is 0 Å². The van der Waals surface area contributed by atoms with Gasteiger partial charge in [-0.2, -0.15) is 4.98 Å². The quantitative estimate of drug-likeness (QED) is 0.646. The summed E-state index contributed by atoms with van der Waals surface area (Å²) >= 11 is 0. The molecule has 0 saturated heterocycles. The molecule has 64 valence electrons. The SMILES string of the molecule is Nc1ncc(C2CCC2)c(N)n1. The number of hydrogen-bond donors (Lipinski definition) is 2. The molecule has 4 N–H and O–H groups in total. The van der Waals surface area contributed by atoms with Gasteiger partial charge in [-0.1, -0.05) is 6.42 Å². The second-order valence-corrected chi connectivity index (χ2v) is 3.20. The average molecular weight is 164 g/mol. The Kier molecular flexibility index (Phi) is 1.60. The monoisotopic (exact) mass is 164 g/mol. The van der Waals surface area contributed by atoms with E-state index in [1.54, 1.807) is 6.20 Å². The van der Waals surface area contributed by atoms with E-state index in [2.05, 4.69) is 9.97 Å². The van der Waals surface area contributed by atoms with E-state index in [9.17, 15) is 0 Å². The molecule has 0 bridgehead atoms. The average Bonchev–Trinajstić information content (AvgIpc) is 1.91. The molecule has 1 aromatic heterocycles. The van der Waals surface area contributed by atoms with Gasteiger partial charge in [-0.3, -0.25) is 0 Å². The third-order valence-corrected chi connectivity index (χ3v) is 2.41. The Morgan fingerprint density at radius 1 is 1.33 bits per heavy atom. The van der Waals surface area contributed by atoms with Gasteiger partial charge in [0, 0.05) is 11.8 Å². The molecular formula is C8H12N4. The van der Waals surface area contributed by atoms with Crippen molar-refractivity contribution in [1.29, 1.82) is 0 Å². The van der Waals surface area contributed by atoms with E-state index in [1.165, 1.54) is 19.3 Å². The van der Waals surface area contributed by atoms with Crippen molar-refractivity contribution in [3.05, 3.63) is 11.8 Å². The molecule has 1 fully saturated rings. The van der Waals surface area contributed by atoms with Gasteiger partial charge in [-0.15, -0.1) is 0 Å². The van der Waals surface area contributed by atoms with Crippen LogP contribution in [0.4, 0.5) is 11.8 Å². The molecule has 0 radical (unpaired) electrons. The Labute approximate surface area is 71.0 Å². The molecule has 4 nitrogen and oxygen atoms in total. The maximum atomic E-state index is 5.70. The van der Waals surface area contributed by atoms with Crippen molar-refractivity contribution >= 4 is 11.8 Å². The molecule has 0 unspecified atom stereocenters. The van der Waals surface area contributed by atoms with Gasteiger partial charge in [-0.25, -0.2) is 4.98 Å². The van der Waals surface area contributed by atoms with Crippen LogP contribution in [0, 0.1) is 0 Å². The highest BCUT2D eigenvalue weighted by Crippen LogP contribution is 2.37. The molecule has 0 spiro atoms. The van der Waals surface area contributed by atoms with Crippen LogP contribution >= 0.6 is 0 Å². The van der Waals surface area contributed by atoms with Crippen LogP contribution in [0.3, 0.4) is 0 Å². The Bertz CT molecular complexity index is 293. The van der Waals surface area contributed by atoms with E-state index in [0.717, 1.165) is 5.56 Å². The molecular weight excluding hydrogens is 152 g/mol. The predicted octanol–water partition coefficient (Wildman–Crippen LogP) is 0.908. The molecule has 0 aliphatic heterocycles. The number of rotatable bonds is 1. The summed E-state index contributed by atoms with van der Waals surface area (Å²) in [6.07, 6.45) is 5.45. The fourth-order valence-corrected chi connectivity index (χ4v) is 1.45. The van der Waals surface area contributed by atoms with Gasteiger partial charge in [0.05, 0.1) is 0 Å². The number of hydrogen-bond acceptors (Lipinski definition) is 4. The van der Waals surface area contributed by atoms with Crippen molar-refractivity contribution in [2.24, 2.45) is 0 Å². The van der Waals surface area contributed by atoms with Gasteiger partial charge in [-0.05, 0) is 18.8 Å². The summed E-state index contributed by atoms with van der Waals surface area (Å²) in [4.78, 5) is 7.85. The Hall–Kier alpha value is -1.32. The molecule has 1 saturated carbocycles. The number of anilines is 2. The molecule has 1 aromatic rings. The molecule has 12 heavy (non-hydrogen) atoms. The van der Waals surface area contributed by atoms with E-state index in [0.29, 0.717) is 11.7 Å². The zero-order chi connectivity index (χ0) is 8.55. The molecule has 1 heterocycles. The minimum Gasteiger partial charge on any atom is -0.383 e. The van der Waals surface area contributed by atoms with Crippen molar-refractivity contribution < 1.29 is 0 Å². The lowest BCUT2D eigenvalue weighted by molar-refractivity contribution is 0.419.